The molecule has 1 aromatic carbocycles. The second kappa shape index (κ2) is 8.00. The molecular formula is C16H27N3O2. The average Bonchev–Trinajstić information content (AvgIpc) is 2.38. The number of anilines is 1. The van der Waals surface area contributed by atoms with Crippen LogP contribution in [0.25, 0.3) is 0 Å². The highest BCUT2D eigenvalue weighted by molar-refractivity contribution is 5.89. The van der Waals surface area contributed by atoms with Crippen molar-refractivity contribution in [3.05, 3.63) is 29.8 Å². The zero-order chi connectivity index (χ0) is 15.9. The summed E-state index contributed by atoms with van der Waals surface area (Å²) in [5.74, 6) is 0. The predicted molar refractivity (Wildman–Crippen MR) is 86.6 cm³/mol. The average molecular weight is 293 g/mol. The highest BCUT2D eigenvalue weighted by atomic mass is 16.5. The van der Waals surface area contributed by atoms with Crippen LogP contribution in [0.3, 0.4) is 0 Å². The van der Waals surface area contributed by atoms with Gasteiger partial charge in [-0.2, -0.15) is 0 Å². The highest BCUT2D eigenvalue weighted by Crippen LogP contribution is 2.17. The third-order valence-corrected chi connectivity index (χ3v) is 3.11. The van der Waals surface area contributed by atoms with E-state index in [-0.39, 0.29) is 12.1 Å². The molecule has 0 aliphatic heterocycles. The van der Waals surface area contributed by atoms with Crippen LogP contribution >= 0.6 is 0 Å². The summed E-state index contributed by atoms with van der Waals surface area (Å²) in [6, 6.07) is 7.88. The molecule has 1 aromatic rings. The number of hydrogen-bond donors (Lipinski definition) is 3. The van der Waals surface area contributed by atoms with E-state index in [2.05, 4.69) is 29.8 Å². The lowest BCUT2D eigenvalue weighted by atomic mass is 10.1. The van der Waals surface area contributed by atoms with E-state index in [1.807, 2.05) is 38.1 Å². The number of methoxy groups -OCH3 is 1. The number of urea groups is 1. The Bertz CT molecular complexity index is 461. The molecule has 0 bridgehead atoms. The van der Waals surface area contributed by atoms with E-state index < -0.39 is 5.54 Å². The van der Waals surface area contributed by atoms with Gasteiger partial charge < -0.3 is 20.7 Å². The Morgan fingerprint density at radius 2 is 2.10 bits per heavy atom. The van der Waals surface area contributed by atoms with Crippen LogP contribution in [-0.4, -0.2) is 31.8 Å². The summed E-state index contributed by atoms with van der Waals surface area (Å²) in [5.41, 5.74) is 1.52. The third-order valence-electron chi connectivity index (χ3n) is 3.11. The summed E-state index contributed by atoms with van der Waals surface area (Å²) in [5, 5.41) is 9.10. The molecule has 1 rings (SSSR count). The van der Waals surface area contributed by atoms with Gasteiger partial charge in [0.15, 0.2) is 0 Å². The highest BCUT2D eigenvalue weighted by Gasteiger charge is 2.20. The normalized spacial score (nSPS) is 12.8. The van der Waals surface area contributed by atoms with E-state index in [1.54, 1.807) is 7.11 Å². The van der Waals surface area contributed by atoms with Gasteiger partial charge in [-0.1, -0.05) is 19.1 Å². The minimum Gasteiger partial charge on any atom is -0.382 e. The van der Waals surface area contributed by atoms with Gasteiger partial charge in [0, 0.05) is 18.8 Å². The Balaban J connectivity index is 2.66. The zero-order valence-electron chi connectivity index (χ0n) is 13.6. The molecule has 1 atom stereocenters. The number of ether oxygens (including phenoxy) is 1. The molecule has 0 spiro atoms. The van der Waals surface area contributed by atoms with E-state index in [4.69, 9.17) is 4.74 Å². The number of amides is 2. The van der Waals surface area contributed by atoms with Crippen molar-refractivity contribution in [1.82, 2.24) is 10.6 Å². The van der Waals surface area contributed by atoms with Crippen LogP contribution < -0.4 is 16.0 Å². The summed E-state index contributed by atoms with van der Waals surface area (Å²) < 4.78 is 5.08. The first-order valence-corrected chi connectivity index (χ1v) is 7.29. The molecule has 0 aromatic heterocycles. The zero-order valence-corrected chi connectivity index (χ0v) is 13.6. The molecule has 3 N–H and O–H groups in total. The summed E-state index contributed by atoms with van der Waals surface area (Å²) in [6.45, 7) is 9.37. The fourth-order valence-electron chi connectivity index (χ4n) is 2.18. The molecular weight excluding hydrogens is 266 g/mol. The van der Waals surface area contributed by atoms with Gasteiger partial charge in [-0.25, -0.2) is 4.79 Å². The standard InChI is InChI=1S/C16H27N3O2/c1-6-17-12(2)13-8-7-9-14(10-13)18-15(20)19-16(3,4)11-21-5/h7-10,12,17H,6,11H2,1-5H3,(H2,18,19,20). The van der Waals surface area contributed by atoms with Crippen LogP contribution in [0.15, 0.2) is 24.3 Å². The largest absolute Gasteiger partial charge is 0.382 e. The fourth-order valence-corrected chi connectivity index (χ4v) is 2.18. The summed E-state index contributed by atoms with van der Waals surface area (Å²) >= 11 is 0. The molecule has 0 fully saturated rings. The van der Waals surface area contributed by atoms with Crippen molar-refractivity contribution in [2.45, 2.75) is 39.3 Å². The molecule has 0 heterocycles. The first-order valence-electron chi connectivity index (χ1n) is 7.29. The lowest BCUT2D eigenvalue weighted by molar-refractivity contribution is 0.133. The van der Waals surface area contributed by atoms with Gasteiger partial charge >= 0.3 is 6.03 Å². The predicted octanol–water partition coefficient (Wildman–Crippen LogP) is 2.90. The van der Waals surface area contributed by atoms with Crippen molar-refractivity contribution >= 4 is 11.7 Å². The van der Waals surface area contributed by atoms with E-state index in [0.29, 0.717) is 6.61 Å². The van der Waals surface area contributed by atoms with Crippen LogP contribution in [0.1, 0.15) is 39.3 Å². The maximum Gasteiger partial charge on any atom is 0.319 e. The molecule has 0 saturated heterocycles. The van der Waals surface area contributed by atoms with Crippen molar-refractivity contribution in [2.24, 2.45) is 0 Å². The molecule has 0 saturated carbocycles. The number of benzene rings is 1. The molecule has 2 amide bonds. The second-order valence-electron chi connectivity index (χ2n) is 5.80. The van der Waals surface area contributed by atoms with Crippen molar-refractivity contribution in [3.8, 4) is 0 Å². The summed E-state index contributed by atoms with van der Waals surface area (Å²) in [7, 11) is 1.62. The molecule has 21 heavy (non-hydrogen) atoms. The SMILES string of the molecule is CCNC(C)c1cccc(NC(=O)NC(C)(C)COC)c1. The Morgan fingerprint density at radius 3 is 2.71 bits per heavy atom. The van der Waals surface area contributed by atoms with Crippen LogP contribution in [0, 0.1) is 0 Å². The van der Waals surface area contributed by atoms with E-state index >= 15 is 0 Å². The molecule has 5 nitrogen and oxygen atoms in total. The van der Waals surface area contributed by atoms with Gasteiger partial charge in [0.2, 0.25) is 0 Å². The van der Waals surface area contributed by atoms with Gasteiger partial charge in [0.05, 0.1) is 12.1 Å². The first-order chi connectivity index (χ1) is 9.88. The molecule has 0 aliphatic carbocycles. The van der Waals surface area contributed by atoms with Crippen LogP contribution in [0.5, 0.6) is 0 Å². The van der Waals surface area contributed by atoms with Crippen LogP contribution in [-0.2, 0) is 4.74 Å². The van der Waals surface area contributed by atoms with Gasteiger partial charge in [-0.05, 0) is 45.0 Å². The van der Waals surface area contributed by atoms with E-state index in [1.165, 1.54) is 0 Å². The van der Waals surface area contributed by atoms with E-state index in [9.17, 15) is 4.79 Å². The Kier molecular flexibility index (Phi) is 6.65. The van der Waals surface area contributed by atoms with Crippen LogP contribution in [0.2, 0.25) is 0 Å². The number of carbonyl (C=O) groups is 1. The van der Waals surface area contributed by atoms with Gasteiger partial charge in [-0.15, -0.1) is 0 Å². The molecule has 118 valence electrons. The maximum atomic E-state index is 12.0. The van der Waals surface area contributed by atoms with Crippen molar-refractivity contribution < 1.29 is 9.53 Å². The minimum absolute atomic E-state index is 0.231. The maximum absolute atomic E-state index is 12.0. The van der Waals surface area contributed by atoms with Gasteiger partial charge in [0.25, 0.3) is 0 Å². The Hall–Kier alpha value is -1.59. The quantitative estimate of drug-likeness (QED) is 0.724. The number of hydrogen-bond acceptors (Lipinski definition) is 3. The molecule has 1 unspecified atom stereocenters. The topological polar surface area (TPSA) is 62.4 Å². The number of rotatable bonds is 7. The lowest BCUT2D eigenvalue weighted by Gasteiger charge is -2.25. The lowest BCUT2D eigenvalue weighted by Crippen LogP contribution is -2.48. The fraction of sp³-hybridized carbons (Fsp3) is 0.562. The summed E-state index contributed by atoms with van der Waals surface area (Å²) in [4.78, 5) is 12.0. The monoisotopic (exact) mass is 293 g/mol. The molecule has 5 heteroatoms. The number of nitrogens with one attached hydrogen (secondary N) is 3. The summed E-state index contributed by atoms with van der Waals surface area (Å²) in [6.07, 6.45) is 0. The Labute approximate surface area is 127 Å². The minimum atomic E-state index is -0.409. The van der Waals surface area contributed by atoms with E-state index in [0.717, 1.165) is 17.8 Å². The van der Waals surface area contributed by atoms with Crippen LogP contribution in [0.4, 0.5) is 10.5 Å². The van der Waals surface area contributed by atoms with Crippen molar-refractivity contribution in [3.63, 3.8) is 0 Å². The van der Waals surface area contributed by atoms with Crippen molar-refractivity contribution in [1.29, 1.82) is 0 Å². The smallest absolute Gasteiger partial charge is 0.319 e. The Morgan fingerprint density at radius 1 is 1.38 bits per heavy atom. The second-order valence-corrected chi connectivity index (χ2v) is 5.80. The molecule has 0 aliphatic rings. The third kappa shape index (κ3) is 6.14. The van der Waals surface area contributed by atoms with Crippen molar-refractivity contribution in [2.75, 3.05) is 25.6 Å². The number of carbonyl (C=O) groups excluding carboxylic acids is 1. The first kappa shape index (κ1) is 17.5. The van der Waals surface area contributed by atoms with Gasteiger partial charge in [-0.3, -0.25) is 0 Å². The molecule has 0 radical (unpaired) electrons. The van der Waals surface area contributed by atoms with Gasteiger partial charge in [0.1, 0.15) is 0 Å².